The molecule has 4 bridgehead atoms. The Balaban J connectivity index is 0.000000189. The minimum absolute atomic E-state index is 0.0332. The van der Waals surface area contributed by atoms with Crippen LogP contribution in [0.4, 0.5) is 0 Å². The van der Waals surface area contributed by atoms with E-state index in [2.05, 4.69) is 40.9 Å². The molecule has 4 saturated heterocycles. The second kappa shape index (κ2) is 23.7. The summed E-state index contributed by atoms with van der Waals surface area (Å²) in [6.45, 7) is 32.0. The van der Waals surface area contributed by atoms with Crippen molar-refractivity contribution in [2.75, 3.05) is 13.2 Å². The number of rotatable bonds is 13. The smallest absolute Gasteiger partial charge is 0.338 e. The molecule has 498 valence electrons. The number of hydrogen-bond acceptors (Lipinski definition) is 20. The number of aliphatic hydroxyl groups is 5. The van der Waals surface area contributed by atoms with E-state index in [9.17, 15) is 44.7 Å². The summed E-state index contributed by atoms with van der Waals surface area (Å²) in [7, 11) is -2.32. The second-order valence-corrected chi connectivity index (χ2v) is 33.5. The molecular formula is C70H94O20Si. The lowest BCUT2D eigenvalue weighted by molar-refractivity contribution is -0.361. The first-order chi connectivity index (χ1) is 42.8. The second-order valence-electron chi connectivity index (χ2n) is 28.8. The largest absolute Gasteiger partial charge is 0.455 e. The Morgan fingerprint density at radius 3 is 1.34 bits per heavy atom. The average Bonchev–Trinajstić information content (AvgIpc) is 1.59. The van der Waals surface area contributed by atoms with Crippen molar-refractivity contribution in [3.05, 3.63) is 119 Å². The van der Waals surface area contributed by atoms with Crippen molar-refractivity contribution in [2.24, 2.45) is 33.5 Å². The van der Waals surface area contributed by atoms with Crippen LogP contribution in [-0.2, 0) is 61.4 Å². The number of benzene rings is 2. The van der Waals surface area contributed by atoms with Crippen LogP contribution in [0.25, 0.3) is 0 Å². The molecule has 21 heteroatoms. The monoisotopic (exact) mass is 1280 g/mol. The predicted octanol–water partition coefficient (Wildman–Crippen LogP) is 7.93. The Hall–Kier alpha value is -4.98. The summed E-state index contributed by atoms with van der Waals surface area (Å²) >= 11 is 0. The van der Waals surface area contributed by atoms with Crippen LogP contribution in [0, 0.1) is 33.5 Å². The standard InChI is InChI=1S/C38H54O10Si.C32H40O10/c1-10-28-44-30-29-22(5)25(40)20-38(42,35(29,7)8)33(46-34(41)24-17-15-14-16-18-24)31-36(9,32(30)45-28)26(48-49(11-2,12-3)13-4)19-27-37(31,21-43-27)47-23(6)39;1-7-22-39-24-23-16(2)19(34)14-32(37,29(23,4)5)27(41-28(36)18-11-9-8-10-12-18)25-30(6,26(24)40-22)20(35)13-21-31(25,15-38-21)42-17(3)33/h10,14-18,25-28,30-33,40,42H,1,11-13,19-21H2,2-9H3;7-12,19-22,24-27,34-35,37H,1,13-15H2,2-6H3/t25-,26-,27+,28?,30+,31-,32+,33-,36+,37-,38+;19-,20-,21+,22?,24+,25-,26+,27-,30+,31-,32+/m00/s1. The van der Waals surface area contributed by atoms with Gasteiger partial charge in [-0.25, -0.2) is 9.59 Å². The highest BCUT2D eigenvalue weighted by molar-refractivity contribution is 6.73. The van der Waals surface area contributed by atoms with E-state index in [-0.39, 0.29) is 38.0 Å². The molecule has 0 amide bonds. The average molecular weight is 1280 g/mol. The van der Waals surface area contributed by atoms with Crippen LogP contribution in [0.3, 0.4) is 0 Å². The van der Waals surface area contributed by atoms with Gasteiger partial charge >= 0.3 is 23.9 Å². The summed E-state index contributed by atoms with van der Waals surface area (Å²) in [5, 5.41) is 61.5. The SMILES string of the molecule is C=CC1O[C@@H]2C3=C(C)[C@@H](O)C[C@@](O)([C@@H](OC(=O)c4ccccc4)[C@@H]4[C@]5(OC(C)=O)CO[C@@H]5C[C@H](O)[C@@]4(C)[C@@H]2O1)C3(C)C.C=CC1O[C@@H]2C3=C(C)[C@@H](O)C[C@@](O)([C@@H](OC(=O)c4ccccc4)[C@@H]4[C@]5(OC(C)=O)CO[C@@H]5C[C@H](O[Si](CC)(CC)CC)[C@@]4(C)[C@@H]2O1)C3(C)C. The van der Waals surface area contributed by atoms with Crippen LogP contribution in [-0.4, -0.2) is 179 Å². The normalized spacial score (nSPS) is 42.9. The van der Waals surface area contributed by atoms with E-state index < -0.39 is 174 Å². The molecule has 0 radical (unpaired) electrons. The van der Waals surface area contributed by atoms with Crippen LogP contribution in [0.2, 0.25) is 18.1 Å². The fourth-order valence-electron chi connectivity index (χ4n) is 18.7. The molecule has 8 fully saturated rings. The Kier molecular flexibility index (Phi) is 17.6. The lowest BCUT2D eigenvalue weighted by atomic mass is 9.44. The highest BCUT2D eigenvalue weighted by atomic mass is 28.4. The molecule has 12 rings (SSSR count). The summed E-state index contributed by atoms with van der Waals surface area (Å²) < 4.78 is 71.5. The fourth-order valence-corrected chi connectivity index (χ4v) is 21.6. The van der Waals surface area contributed by atoms with Crippen LogP contribution >= 0.6 is 0 Å². The minimum atomic E-state index is -2.32. The van der Waals surface area contributed by atoms with Crippen molar-refractivity contribution in [3.63, 3.8) is 0 Å². The first-order valence-electron chi connectivity index (χ1n) is 32.4. The van der Waals surface area contributed by atoms with E-state index in [1.807, 2.05) is 47.6 Å². The van der Waals surface area contributed by atoms with Gasteiger partial charge in [-0.15, -0.1) is 0 Å². The van der Waals surface area contributed by atoms with E-state index in [0.717, 1.165) is 18.1 Å². The third-order valence-corrected chi connectivity index (χ3v) is 28.7. The summed E-state index contributed by atoms with van der Waals surface area (Å²) in [4.78, 5) is 53.8. The molecule has 20 nitrogen and oxygen atoms in total. The van der Waals surface area contributed by atoms with Crippen LogP contribution in [0.1, 0.15) is 136 Å². The van der Waals surface area contributed by atoms with Crippen molar-refractivity contribution < 1.29 is 96.5 Å². The maximum absolute atomic E-state index is 14.2. The van der Waals surface area contributed by atoms with Gasteiger partial charge in [0.05, 0.1) is 72.8 Å². The lowest BCUT2D eigenvalue weighted by Crippen LogP contribution is -2.82. The quantitative estimate of drug-likeness (QED) is 0.0551. The van der Waals surface area contributed by atoms with Crippen molar-refractivity contribution in [1.29, 1.82) is 0 Å². The Bertz CT molecular complexity index is 3230. The third kappa shape index (κ3) is 9.92. The first-order valence-corrected chi connectivity index (χ1v) is 34.9. The van der Waals surface area contributed by atoms with Gasteiger partial charge in [0, 0.05) is 61.2 Å². The Morgan fingerprint density at radius 2 is 0.978 bits per heavy atom. The first kappa shape index (κ1) is 67.4. The summed E-state index contributed by atoms with van der Waals surface area (Å²) in [6, 6.07) is 19.7. The predicted molar refractivity (Wildman–Crippen MR) is 332 cm³/mol. The number of esters is 4. The van der Waals surface area contributed by atoms with Gasteiger partial charge in [0.25, 0.3) is 0 Å². The molecule has 6 aliphatic carbocycles. The number of hydrogen-bond donors (Lipinski definition) is 5. The maximum atomic E-state index is 14.2. The van der Waals surface area contributed by atoms with E-state index in [0.29, 0.717) is 34.3 Å². The summed E-state index contributed by atoms with van der Waals surface area (Å²) in [5.41, 5.74) is -7.87. The van der Waals surface area contributed by atoms with E-state index in [1.54, 1.807) is 67.6 Å². The van der Waals surface area contributed by atoms with Gasteiger partial charge in [0.15, 0.2) is 32.1 Å². The molecule has 5 N–H and O–H groups in total. The minimum Gasteiger partial charge on any atom is -0.455 e. The number of aliphatic hydroxyl groups excluding tert-OH is 3. The van der Waals surface area contributed by atoms with E-state index in [4.69, 9.17) is 51.8 Å². The van der Waals surface area contributed by atoms with Crippen LogP contribution < -0.4 is 0 Å². The molecule has 22 atom stereocenters. The topological polar surface area (TPSA) is 271 Å². The third-order valence-electron chi connectivity index (χ3n) is 24.0. The van der Waals surface area contributed by atoms with Gasteiger partial charge in [0.1, 0.15) is 47.8 Å². The highest BCUT2D eigenvalue weighted by Crippen LogP contribution is 2.69. The van der Waals surface area contributed by atoms with Gasteiger partial charge in [-0.1, -0.05) is 112 Å². The molecule has 10 aliphatic rings. The van der Waals surface area contributed by atoms with Gasteiger partial charge < -0.3 is 77.3 Å². The van der Waals surface area contributed by atoms with Gasteiger partial charge in [-0.05, 0) is 90.7 Å². The molecule has 0 spiro atoms. The zero-order valence-electron chi connectivity index (χ0n) is 54.8. The number of carbonyl (C=O) groups excluding carboxylic acids is 4. The van der Waals surface area contributed by atoms with Crippen molar-refractivity contribution >= 4 is 32.2 Å². The van der Waals surface area contributed by atoms with Gasteiger partial charge in [0.2, 0.25) is 0 Å². The molecule has 4 aliphatic heterocycles. The van der Waals surface area contributed by atoms with E-state index >= 15 is 0 Å². The molecule has 2 unspecified atom stereocenters. The van der Waals surface area contributed by atoms with Crippen molar-refractivity contribution in [3.8, 4) is 0 Å². The highest BCUT2D eigenvalue weighted by Gasteiger charge is 2.81. The molecule has 2 aromatic carbocycles. The number of ether oxygens (including phenoxy) is 10. The number of fused-ring (bicyclic) bond motifs is 16. The van der Waals surface area contributed by atoms with Crippen molar-refractivity contribution in [2.45, 2.75) is 242 Å². The summed E-state index contributed by atoms with van der Waals surface area (Å²) in [5.74, 6) is -4.36. The molecule has 0 aromatic heterocycles. The molecule has 2 aromatic rings. The van der Waals surface area contributed by atoms with Crippen LogP contribution in [0.5, 0.6) is 0 Å². The zero-order valence-corrected chi connectivity index (χ0v) is 55.8. The fraction of sp³-hybridized carbons (Fsp3) is 0.657. The van der Waals surface area contributed by atoms with Gasteiger partial charge in [-0.3, -0.25) is 9.59 Å². The van der Waals surface area contributed by atoms with Crippen LogP contribution in [0.15, 0.2) is 108 Å². The molecular weight excluding hydrogens is 1190 g/mol. The van der Waals surface area contributed by atoms with E-state index in [1.165, 1.54) is 19.9 Å². The zero-order chi connectivity index (χ0) is 66.1. The molecule has 4 heterocycles. The van der Waals surface area contributed by atoms with Crippen molar-refractivity contribution in [1.82, 2.24) is 0 Å². The van der Waals surface area contributed by atoms with Gasteiger partial charge in [-0.2, -0.15) is 0 Å². The Labute approximate surface area is 534 Å². The molecule has 91 heavy (non-hydrogen) atoms. The Morgan fingerprint density at radius 1 is 0.593 bits per heavy atom. The number of carbonyl (C=O) groups is 4. The molecule has 4 saturated carbocycles. The lowest BCUT2D eigenvalue weighted by Gasteiger charge is -2.69. The maximum Gasteiger partial charge on any atom is 0.338 e. The summed E-state index contributed by atoms with van der Waals surface area (Å²) in [6.07, 6.45) is -9.19.